The van der Waals surface area contributed by atoms with Crippen LogP contribution in [0.2, 0.25) is 0 Å². The number of likely N-dealkylation sites (N-methyl/N-ethyl adjacent to an activating group) is 1. The summed E-state index contributed by atoms with van der Waals surface area (Å²) in [6.07, 6.45) is 2.26. The first kappa shape index (κ1) is 14.1. The average molecular weight is 327 g/mol. The molecule has 0 spiro atoms. The molecule has 0 radical (unpaired) electrons. The number of aryl methyl sites for hydroxylation is 1. The molecule has 0 amide bonds. The Balaban J connectivity index is 2.25. The van der Waals surface area contributed by atoms with Crippen LogP contribution in [0.25, 0.3) is 0 Å². The zero-order chi connectivity index (χ0) is 13.8. The van der Waals surface area contributed by atoms with E-state index in [2.05, 4.69) is 31.3 Å². The van der Waals surface area contributed by atoms with Crippen LogP contribution in [0.15, 0.2) is 29.0 Å². The van der Waals surface area contributed by atoms with E-state index in [9.17, 15) is 4.39 Å². The van der Waals surface area contributed by atoms with Crippen LogP contribution < -0.4 is 5.32 Å². The fourth-order valence-electron chi connectivity index (χ4n) is 2.04. The molecule has 102 valence electrons. The van der Waals surface area contributed by atoms with E-state index >= 15 is 0 Å². The molecule has 0 aliphatic heterocycles. The summed E-state index contributed by atoms with van der Waals surface area (Å²) in [7, 11) is 1.88. The summed E-state index contributed by atoms with van der Waals surface area (Å²) < 4.78 is 15.8. The zero-order valence-electron chi connectivity index (χ0n) is 10.9. The summed E-state index contributed by atoms with van der Waals surface area (Å²) in [5.41, 5.74) is 1.01. The number of rotatable bonds is 5. The summed E-state index contributed by atoms with van der Waals surface area (Å²) in [5.74, 6) is 0.667. The van der Waals surface area contributed by atoms with Crippen molar-refractivity contribution in [2.75, 3.05) is 7.05 Å². The second kappa shape index (κ2) is 6.25. The van der Waals surface area contributed by atoms with Crippen LogP contribution in [0, 0.1) is 5.82 Å². The normalized spacial score (nSPS) is 12.6. The summed E-state index contributed by atoms with van der Waals surface area (Å²) in [5, 5.41) is 7.39. The second-order valence-electron chi connectivity index (χ2n) is 4.20. The number of nitrogens with one attached hydrogen (secondary N) is 1. The Labute approximate surface area is 120 Å². The van der Waals surface area contributed by atoms with Gasteiger partial charge in [0, 0.05) is 23.5 Å². The summed E-state index contributed by atoms with van der Waals surface area (Å²) in [4.78, 5) is 4.27. The van der Waals surface area contributed by atoms with Gasteiger partial charge in [0.1, 0.15) is 18.0 Å². The Bertz CT molecular complexity index is 555. The molecule has 0 saturated heterocycles. The minimum Gasteiger partial charge on any atom is -0.313 e. The largest absolute Gasteiger partial charge is 0.313 e. The van der Waals surface area contributed by atoms with Crippen molar-refractivity contribution in [3.8, 4) is 0 Å². The summed E-state index contributed by atoms with van der Waals surface area (Å²) >= 11 is 3.41. The number of aromatic nitrogens is 3. The standard InChI is InChI=1S/C13H16BrFN4/c1-3-19-13(17-8-18-19)7-12(16-2)10-5-4-9(15)6-11(10)14/h4-6,8,12,16H,3,7H2,1-2H3. The molecular formula is C13H16BrFN4. The van der Waals surface area contributed by atoms with E-state index in [4.69, 9.17) is 0 Å². The molecule has 2 rings (SSSR count). The Morgan fingerprint density at radius 3 is 2.89 bits per heavy atom. The number of halogens is 2. The van der Waals surface area contributed by atoms with Crippen LogP contribution >= 0.6 is 15.9 Å². The Kier molecular flexibility index (Phi) is 4.66. The SMILES string of the molecule is CCn1ncnc1CC(NC)c1ccc(F)cc1Br. The fourth-order valence-corrected chi connectivity index (χ4v) is 2.67. The van der Waals surface area contributed by atoms with Crippen molar-refractivity contribution in [3.05, 3.63) is 46.2 Å². The van der Waals surface area contributed by atoms with E-state index in [0.29, 0.717) is 6.42 Å². The molecule has 0 bridgehead atoms. The summed E-state index contributed by atoms with van der Waals surface area (Å²) in [6, 6.07) is 4.79. The lowest BCUT2D eigenvalue weighted by Gasteiger charge is -2.18. The van der Waals surface area contributed by atoms with Crippen LogP contribution in [0.1, 0.15) is 24.4 Å². The van der Waals surface area contributed by atoms with Gasteiger partial charge in [0.2, 0.25) is 0 Å². The van der Waals surface area contributed by atoms with Crippen LogP contribution in [0.3, 0.4) is 0 Å². The van der Waals surface area contributed by atoms with Crippen LogP contribution in [0.5, 0.6) is 0 Å². The molecular weight excluding hydrogens is 311 g/mol. The van der Waals surface area contributed by atoms with Crippen molar-refractivity contribution in [1.82, 2.24) is 20.1 Å². The van der Waals surface area contributed by atoms with E-state index in [1.54, 1.807) is 12.4 Å². The first-order valence-electron chi connectivity index (χ1n) is 6.14. The van der Waals surface area contributed by atoms with Gasteiger partial charge >= 0.3 is 0 Å². The monoisotopic (exact) mass is 326 g/mol. The molecule has 6 heteroatoms. The van der Waals surface area contributed by atoms with Gasteiger partial charge in [0.25, 0.3) is 0 Å². The predicted molar refractivity (Wildman–Crippen MR) is 75.3 cm³/mol. The molecule has 0 aliphatic rings. The van der Waals surface area contributed by atoms with Crippen LogP contribution in [-0.4, -0.2) is 21.8 Å². The highest BCUT2D eigenvalue weighted by Gasteiger charge is 2.16. The molecule has 1 aromatic carbocycles. The maximum Gasteiger partial charge on any atom is 0.138 e. The topological polar surface area (TPSA) is 42.7 Å². The van der Waals surface area contributed by atoms with Gasteiger partial charge in [0.15, 0.2) is 0 Å². The van der Waals surface area contributed by atoms with E-state index < -0.39 is 0 Å². The maximum atomic E-state index is 13.1. The van der Waals surface area contributed by atoms with Gasteiger partial charge in [-0.15, -0.1) is 0 Å². The maximum absolute atomic E-state index is 13.1. The molecule has 1 N–H and O–H groups in total. The Morgan fingerprint density at radius 1 is 1.47 bits per heavy atom. The quantitative estimate of drug-likeness (QED) is 0.918. The molecule has 2 aromatic rings. The highest BCUT2D eigenvalue weighted by Crippen LogP contribution is 2.26. The molecule has 4 nitrogen and oxygen atoms in total. The van der Waals surface area contributed by atoms with Crippen LogP contribution in [-0.2, 0) is 13.0 Å². The molecule has 0 saturated carbocycles. The lowest BCUT2D eigenvalue weighted by molar-refractivity contribution is 0.531. The lowest BCUT2D eigenvalue weighted by Crippen LogP contribution is -2.21. The van der Waals surface area contributed by atoms with Gasteiger partial charge in [-0.25, -0.2) is 9.37 Å². The molecule has 1 unspecified atom stereocenters. The Morgan fingerprint density at radius 2 is 2.26 bits per heavy atom. The average Bonchev–Trinajstić information content (AvgIpc) is 2.84. The predicted octanol–water partition coefficient (Wildman–Crippen LogP) is 2.70. The summed E-state index contributed by atoms with van der Waals surface area (Å²) in [6.45, 7) is 2.82. The minimum atomic E-state index is -0.248. The smallest absolute Gasteiger partial charge is 0.138 e. The van der Waals surface area contributed by atoms with E-state index in [-0.39, 0.29) is 11.9 Å². The molecule has 0 aliphatic carbocycles. The van der Waals surface area contributed by atoms with Gasteiger partial charge in [0.05, 0.1) is 0 Å². The first-order valence-corrected chi connectivity index (χ1v) is 6.94. The fraction of sp³-hybridized carbons (Fsp3) is 0.385. The van der Waals surface area contributed by atoms with Crippen molar-refractivity contribution >= 4 is 15.9 Å². The minimum absolute atomic E-state index is 0.0597. The molecule has 1 atom stereocenters. The van der Waals surface area contributed by atoms with E-state index in [0.717, 1.165) is 22.4 Å². The first-order chi connectivity index (χ1) is 9.15. The molecule has 1 aromatic heterocycles. The van der Waals surface area contributed by atoms with Crippen LogP contribution in [0.4, 0.5) is 4.39 Å². The van der Waals surface area contributed by atoms with Gasteiger partial charge in [-0.3, -0.25) is 4.68 Å². The number of benzene rings is 1. The third-order valence-corrected chi connectivity index (χ3v) is 3.76. The van der Waals surface area contributed by atoms with Gasteiger partial charge in [-0.05, 0) is 31.7 Å². The number of hydrogen-bond acceptors (Lipinski definition) is 3. The number of nitrogens with zero attached hydrogens (tertiary/aromatic N) is 3. The second-order valence-corrected chi connectivity index (χ2v) is 5.06. The van der Waals surface area contributed by atoms with Crippen molar-refractivity contribution in [2.45, 2.75) is 25.9 Å². The van der Waals surface area contributed by atoms with E-state index in [1.165, 1.54) is 12.1 Å². The molecule has 0 fully saturated rings. The van der Waals surface area contributed by atoms with E-state index in [1.807, 2.05) is 18.7 Å². The Hall–Kier alpha value is -1.27. The van der Waals surface area contributed by atoms with Crippen molar-refractivity contribution in [2.24, 2.45) is 0 Å². The van der Waals surface area contributed by atoms with Gasteiger partial charge in [-0.2, -0.15) is 5.10 Å². The lowest BCUT2D eigenvalue weighted by atomic mass is 10.0. The highest BCUT2D eigenvalue weighted by atomic mass is 79.9. The molecule has 1 heterocycles. The molecule has 19 heavy (non-hydrogen) atoms. The third kappa shape index (κ3) is 3.19. The van der Waals surface area contributed by atoms with Crippen molar-refractivity contribution in [3.63, 3.8) is 0 Å². The van der Waals surface area contributed by atoms with Gasteiger partial charge in [-0.1, -0.05) is 22.0 Å². The third-order valence-electron chi connectivity index (χ3n) is 3.07. The zero-order valence-corrected chi connectivity index (χ0v) is 12.5. The van der Waals surface area contributed by atoms with Crippen molar-refractivity contribution < 1.29 is 4.39 Å². The van der Waals surface area contributed by atoms with Crippen molar-refractivity contribution in [1.29, 1.82) is 0 Å². The van der Waals surface area contributed by atoms with Gasteiger partial charge < -0.3 is 5.32 Å². The number of hydrogen-bond donors (Lipinski definition) is 1. The highest BCUT2D eigenvalue weighted by molar-refractivity contribution is 9.10.